The van der Waals surface area contributed by atoms with Gasteiger partial charge in [-0.05, 0) is 29.5 Å². The first-order valence-electron chi connectivity index (χ1n) is 7.36. The lowest BCUT2D eigenvalue weighted by molar-refractivity contribution is 0.0941. The van der Waals surface area contributed by atoms with Gasteiger partial charge in [0.2, 0.25) is 0 Å². The van der Waals surface area contributed by atoms with E-state index in [0.717, 1.165) is 37.3 Å². The van der Waals surface area contributed by atoms with Gasteiger partial charge in [0, 0.05) is 31.6 Å². The molecule has 0 unspecified atom stereocenters. The molecule has 0 atom stereocenters. The van der Waals surface area contributed by atoms with E-state index in [2.05, 4.69) is 34.0 Å². The molecular weight excluding hydrogens is 266 g/mol. The highest BCUT2D eigenvalue weighted by Gasteiger charge is 2.28. The first kappa shape index (κ1) is 12.6. The van der Waals surface area contributed by atoms with Crippen molar-refractivity contribution in [1.82, 2.24) is 15.8 Å². The molecule has 2 aliphatic rings. The second-order valence-corrected chi connectivity index (χ2v) is 5.78. The molecule has 0 bridgehead atoms. The molecule has 1 aromatic carbocycles. The quantitative estimate of drug-likeness (QED) is 0.901. The standard InChI is InChI=1S/C16H17N3O2/c20-16(14-6-15(21-19-14)11-3-4-11)18-7-10-1-2-12-8-17-9-13(12)5-10/h1-2,5-6,11,17H,3-4,7-9H2,(H,18,20). The van der Waals surface area contributed by atoms with Gasteiger partial charge in [0.1, 0.15) is 5.76 Å². The van der Waals surface area contributed by atoms with Crippen LogP contribution in [-0.4, -0.2) is 11.1 Å². The largest absolute Gasteiger partial charge is 0.360 e. The maximum Gasteiger partial charge on any atom is 0.273 e. The fraction of sp³-hybridized carbons (Fsp3) is 0.375. The number of benzene rings is 1. The van der Waals surface area contributed by atoms with Crippen molar-refractivity contribution in [3.63, 3.8) is 0 Å². The van der Waals surface area contributed by atoms with E-state index in [0.29, 0.717) is 18.2 Å². The molecule has 0 radical (unpaired) electrons. The number of fused-ring (bicyclic) bond motifs is 1. The number of hydrogen-bond donors (Lipinski definition) is 2. The molecular formula is C16H17N3O2. The summed E-state index contributed by atoms with van der Waals surface area (Å²) < 4.78 is 5.20. The van der Waals surface area contributed by atoms with E-state index in [4.69, 9.17) is 4.52 Å². The Morgan fingerprint density at radius 1 is 1.29 bits per heavy atom. The number of rotatable bonds is 4. The Hall–Kier alpha value is -2.14. The summed E-state index contributed by atoms with van der Waals surface area (Å²) in [5.74, 6) is 1.14. The van der Waals surface area contributed by atoms with Gasteiger partial charge in [-0.25, -0.2) is 0 Å². The molecule has 0 saturated heterocycles. The van der Waals surface area contributed by atoms with Crippen molar-refractivity contribution >= 4 is 5.91 Å². The van der Waals surface area contributed by atoms with Crippen molar-refractivity contribution in [2.45, 2.75) is 38.4 Å². The smallest absolute Gasteiger partial charge is 0.273 e. The lowest BCUT2D eigenvalue weighted by Gasteiger charge is -2.05. The van der Waals surface area contributed by atoms with Crippen LogP contribution < -0.4 is 10.6 Å². The molecule has 1 aromatic heterocycles. The van der Waals surface area contributed by atoms with Crippen LogP contribution in [0.3, 0.4) is 0 Å². The third-order valence-electron chi connectivity index (χ3n) is 4.10. The van der Waals surface area contributed by atoms with Gasteiger partial charge >= 0.3 is 0 Å². The topological polar surface area (TPSA) is 67.2 Å². The van der Waals surface area contributed by atoms with Crippen molar-refractivity contribution in [3.05, 3.63) is 52.4 Å². The summed E-state index contributed by atoms with van der Waals surface area (Å²) in [6, 6.07) is 8.09. The molecule has 2 heterocycles. The summed E-state index contributed by atoms with van der Waals surface area (Å²) in [5.41, 5.74) is 4.14. The van der Waals surface area contributed by atoms with Gasteiger partial charge in [0.15, 0.2) is 5.69 Å². The molecule has 108 valence electrons. The zero-order chi connectivity index (χ0) is 14.2. The predicted octanol–water partition coefficient (Wildman–Crippen LogP) is 2.09. The lowest BCUT2D eigenvalue weighted by atomic mass is 10.1. The van der Waals surface area contributed by atoms with Gasteiger partial charge in [0.25, 0.3) is 5.91 Å². The van der Waals surface area contributed by atoms with Crippen LogP contribution in [0.5, 0.6) is 0 Å². The number of nitrogens with zero attached hydrogens (tertiary/aromatic N) is 1. The zero-order valence-corrected chi connectivity index (χ0v) is 11.7. The monoisotopic (exact) mass is 283 g/mol. The number of aromatic nitrogens is 1. The summed E-state index contributed by atoms with van der Waals surface area (Å²) in [6.45, 7) is 2.35. The molecule has 1 fully saturated rings. The molecule has 1 amide bonds. The summed E-state index contributed by atoms with van der Waals surface area (Å²) in [6.07, 6.45) is 2.28. The van der Waals surface area contributed by atoms with Crippen LogP contribution in [0.4, 0.5) is 0 Å². The number of nitrogens with one attached hydrogen (secondary N) is 2. The van der Waals surface area contributed by atoms with E-state index in [1.807, 2.05) is 0 Å². The van der Waals surface area contributed by atoms with Crippen LogP contribution in [0.1, 0.15) is 51.7 Å². The first-order valence-corrected chi connectivity index (χ1v) is 7.36. The van der Waals surface area contributed by atoms with E-state index in [1.54, 1.807) is 6.07 Å². The maximum absolute atomic E-state index is 12.1. The van der Waals surface area contributed by atoms with Crippen LogP contribution in [0.25, 0.3) is 0 Å². The fourth-order valence-electron chi connectivity index (χ4n) is 2.69. The SMILES string of the molecule is O=C(NCc1ccc2c(c1)CNC2)c1cc(C2CC2)on1. The molecule has 21 heavy (non-hydrogen) atoms. The Bertz CT molecular complexity index is 689. The molecule has 2 aromatic rings. The average molecular weight is 283 g/mol. The van der Waals surface area contributed by atoms with Gasteiger partial charge < -0.3 is 15.2 Å². The molecule has 4 rings (SSSR count). The van der Waals surface area contributed by atoms with Crippen LogP contribution in [0.15, 0.2) is 28.8 Å². The second-order valence-electron chi connectivity index (χ2n) is 5.78. The molecule has 5 heteroatoms. The van der Waals surface area contributed by atoms with Crippen LogP contribution in [0, 0.1) is 0 Å². The Labute approximate surface area is 122 Å². The van der Waals surface area contributed by atoms with Crippen LogP contribution >= 0.6 is 0 Å². The molecule has 5 nitrogen and oxygen atoms in total. The molecule has 1 saturated carbocycles. The van der Waals surface area contributed by atoms with Crippen LogP contribution in [-0.2, 0) is 19.6 Å². The summed E-state index contributed by atoms with van der Waals surface area (Å²) in [5, 5.41) is 10.1. The first-order chi connectivity index (χ1) is 10.3. The molecule has 1 aliphatic heterocycles. The van der Waals surface area contributed by atoms with Gasteiger partial charge in [-0.1, -0.05) is 23.4 Å². The Morgan fingerprint density at radius 2 is 2.14 bits per heavy atom. The molecule has 0 spiro atoms. The minimum absolute atomic E-state index is 0.177. The summed E-state index contributed by atoms with van der Waals surface area (Å²) in [4.78, 5) is 12.1. The highest BCUT2D eigenvalue weighted by atomic mass is 16.5. The normalized spacial score (nSPS) is 16.8. The van der Waals surface area contributed by atoms with E-state index in [1.165, 1.54) is 11.1 Å². The minimum atomic E-state index is -0.177. The van der Waals surface area contributed by atoms with E-state index < -0.39 is 0 Å². The van der Waals surface area contributed by atoms with Gasteiger partial charge in [-0.2, -0.15) is 0 Å². The van der Waals surface area contributed by atoms with E-state index in [-0.39, 0.29) is 5.91 Å². The molecule has 1 aliphatic carbocycles. The second kappa shape index (κ2) is 5.00. The minimum Gasteiger partial charge on any atom is -0.360 e. The zero-order valence-electron chi connectivity index (χ0n) is 11.7. The average Bonchev–Trinajstić information content (AvgIpc) is 3.05. The Kier molecular flexibility index (Phi) is 3.00. The molecule has 2 N–H and O–H groups in total. The third-order valence-corrected chi connectivity index (χ3v) is 4.10. The van der Waals surface area contributed by atoms with Gasteiger partial charge in [0.05, 0.1) is 0 Å². The third kappa shape index (κ3) is 2.56. The van der Waals surface area contributed by atoms with Crippen molar-refractivity contribution in [2.24, 2.45) is 0 Å². The number of hydrogen-bond acceptors (Lipinski definition) is 4. The maximum atomic E-state index is 12.1. The predicted molar refractivity (Wildman–Crippen MR) is 76.6 cm³/mol. The lowest BCUT2D eigenvalue weighted by Crippen LogP contribution is -2.23. The number of carbonyl (C=O) groups is 1. The number of amides is 1. The van der Waals surface area contributed by atoms with Gasteiger partial charge in [-0.3, -0.25) is 4.79 Å². The van der Waals surface area contributed by atoms with Crippen molar-refractivity contribution in [2.75, 3.05) is 0 Å². The highest BCUT2D eigenvalue weighted by Crippen LogP contribution is 2.40. The summed E-state index contributed by atoms with van der Waals surface area (Å²) in [7, 11) is 0. The van der Waals surface area contributed by atoms with E-state index in [9.17, 15) is 4.79 Å². The van der Waals surface area contributed by atoms with Crippen molar-refractivity contribution in [1.29, 1.82) is 0 Å². The summed E-state index contributed by atoms with van der Waals surface area (Å²) >= 11 is 0. The van der Waals surface area contributed by atoms with Gasteiger partial charge in [-0.15, -0.1) is 0 Å². The Morgan fingerprint density at radius 3 is 3.00 bits per heavy atom. The van der Waals surface area contributed by atoms with E-state index >= 15 is 0 Å². The van der Waals surface area contributed by atoms with Crippen molar-refractivity contribution in [3.8, 4) is 0 Å². The fourth-order valence-corrected chi connectivity index (χ4v) is 2.69. The highest BCUT2D eigenvalue weighted by molar-refractivity contribution is 5.92. The number of carbonyl (C=O) groups excluding carboxylic acids is 1. The van der Waals surface area contributed by atoms with Crippen molar-refractivity contribution < 1.29 is 9.32 Å². The Balaban J connectivity index is 1.40. The van der Waals surface area contributed by atoms with Crippen LogP contribution in [0.2, 0.25) is 0 Å².